The minimum Gasteiger partial charge on any atom is -0.460 e. The normalized spacial score (nSPS) is 28.3. The molecule has 0 unspecified atom stereocenters. The number of hydrogen-bond acceptors (Lipinski definition) is 5. The highest BCUT2D eigenvalue weighted by Gasteiger charge is 2.43. The molecule has 0 spiro atoms. The molecule has 0 aromatic heterocycles. The minimum atomic E-state index is -1.08. The van der Waals surface area contributed by atoms with Crippen molar-refractivity contribution < 1.29 is 19.7 Å². The van der Waals surface area contributed by atoms with Crippen LogP contribution < -0.4 is 0 Å². The van der Waals surface area contributed by atoms with Crippen molar-refractivity contribution in [3.8, 4) is 0 Å². The Hall–Kier alpha value is -1.43. The molecular weight excluding hydrogens is 234 g/mol. The fourth-order valence-corrected chi connectivity index (χ4v) is 2.12. The van der Waals surface area contributed by atoms with Gasteiger partial charge < -0.3 is 14.9 Å². The lowest BCUT2D eigenvalue weighted by Crippen LogP contribution is -2.42. The van der Waals surface area contributed by atoms with Gasteiger partial charge in [-0.2, -0.15) is 0 Å². The second-order valence-electron chi connectivity index (χ2n) is 4.54. The van der Waals surface area contributed by atoms with E-state index in [1.165, 1.54) is 0 Å². The lowest BCUT2D eigenvalue weighted by atomic mass is 10.1. The van der Waals surface area contributed by atoms with Crippen LogP contribution >= 0.6 is 0 Å². The summed E-state index contributed by atoms with van der Waals surface area (Å²) in [7, 11) is 1.67. The molecule has 2 rings (SSSR count). The Morgan fingerprint density at radius 3 is 2.61 bits per heavy atom. The number of aliphatic hydroxyl groups is 2. The fraction of sp³-hybridized carbons (Fsp3) is 0.462. The monoisotopic (exact) mass is 251 g/mol. The Morgan fingerprint density at radius 2 is 2.06 bits per heavy atom. The SMILES string of the molecule is CN1C[C@@H](O)[C@@H](O)[C@H]1C(=O)OCc1ccccc1. The molecule has 1 aromatic rings. The van der Waals surface area contributed by atoms with Crippen LogP contribution in [0.5, 0.6) is 0 Å². The highest BCUT2D eigenvalue weighted by molar-refractivity contribution is 5.77. The predicted molar refractivity (Wildman–Crippen MR) is 64.7 cm³/mol. The number of benzene rings is 1. The first kappa shape index (κ1) is 13.0. The first-order valence-corrected chi connectivity index (χ1v) is 5.86. The number of esters is 1. The van der Waals surface area contributed by atoms with Gasteiger partial charge in [-0.15, -0.1) is 0 Å². The van der Waals surface area contributed by atoms with Gasteiger partial charge in [0.1, 0.15) is 18.8 Å². The molecule has 3 atom stereocenters. The maximum atomic E-state index is 11.9. The van der Waals surface area contributed by atoms with Crippen molar-refractivity contribution in [3.05, 3.63) is 35.9 Å². The maximum absolute atomic E-state index is 11.9. The Labute approximate surface area is 106 Å². The summed E-state index contributed by atoms with van der Waals surface area (Å²) >= 11 is 0. The summed E-state index contributed by atoms with van der Waals surface area (Å²) in [4.78, 5) is 13.4. The van der Waals surface area contributed by atoms with Crippen molar-refractivity contribution in [1.82, 2.24) is 4.90 Å². The van der Waals surface area contributed by atoms with E-state index in [2.05, 4.69) is 0 Å². The van der Waals surface area contributed by atoms with E-state index in [-0.39, 0.29) is 13.2 Å². The molecule has 0 bridgehead atoms. The van der Waals surface area contributed by atoms with Crippen LogP contribution in [-0.2, 0) is 16.1 Å². The average molecular weight is 251 g/mol. The molecule has 2 N–H and O–H groups in total. The first-order valence-electron chi connectivity index (χ1n) is 5.86. The summed E-state index contributed by atoms with van der Waals surface area (Å²) in [6, 6.07) is 8.54. The van der Waals surface area contributed by atoms with E-state index in [9.17, 15) is 15.0 Å². The smallest absolute Gasteiger partial charge is 0.326 e. The van der Waals surface area contributed by atoms with E-state index < -0.39 is 24.2 Å². The Balaban J connectivity index is 1.92. The summed E-state index contributed by atoms with van der Waals surface area (Å²) in [6.07, 6.45) is -1.98. The molecule has 0 radical (unpaired) electrons. The maximum Gasteiger partial charge on any atom is 0.326 e. The van der Waals surface area contributed by atoms with E-state index in [0.29, 0.717) is 0 Å². The molecule has 98 valence electrons. The molecule has 1 aliphatic heterocycles. The predicted octanol–water partition coefficient (Wildman–Crippen LogP) is -0.234. The van der Waals surface area contributed by atoms with Crippen molar-refractivity contribution in [3.63, 3.8) is 0 Å². The number of aliphatic hydroxyl groups excluding tert-OH is 2. The molecule has 18 heavy (non-hydrogen) atoms. The molecule has 1 saturated heterocycles. The molecule has 5 heteroatoms. The number of β-amino-alcohol motifs (C(OH)–C–C–N with tert-alkyl or cyclic N) is 1. The summed E-state index contributed by atoms with van der Waals surface area (Å²) in [5, 5.41) is 19.2. The third-order valence-corrected chi connectivity index (χ3v) is 3.13. The minimum absolute atomic E-state index is 0.173. The topological polar surface area (TPSA) is 70.0 Å². The van der Waals surface area contributed by atoms with Crippen molar-refractivity contribution in [2.75, 3.05) is 13.6 Å². The van der Waals surface area contributed by atoms with Gasteiger partial charge in [0, 0.05) is 6.54 Å². The quantitative estimate of drug-likeness (QED) is 0.726. The molecule has 0 saturated carbocycles. The van der Waals surface area contributed by atoms with Crippen molar-refractivity contribution in [1.29, 1.82) is 0 Å². The largest absolute Gasteiger partial charge is 0.460 e. The van der Waals surface area contributed by atoms with Gasteiger partial charge >= 0.3 is 5.97 Å². The Bertz CT molecular complexity index is 409. The van der Waals surface area contributed by atoms with E-state index in [4.69, 9.17) is 4.74 Å². The summed E-state index contributed by atoms with van der Waals surface area (Å²) in [5.41, 5.74) is 0.890. The van der Waals surface area contributed by atoms with Crippen molar-refractivity contribution >= 4 is 5.97 Å². The van der Waals surface area contributed by atoms with E-state index in [1.54, 1.807) is 11.9 Å². The molecule has 0 amide bonds. The lowest BCUT2D eigenvalue weighted by molar-refractivity contribution is -0.153. The molecule has 1 fully saturated rings. The van der Waals surface area contributed by atoms with Gasteiger partial charge in [-0.05, 0) is 12.6 Å². The van der Waals surface area contributed by atoms with E-state index >= 15 is 0 Å². The van der Waals surface area contributed by atoms with Gasteiger partial charge in [0.05, 0.1) is 6.10 Å². The third-order valence-electron chi connectivity index (χ3n) is 3.13. The number of rotatable bonds is 3. The lowest BCUT2D eigenvalue weighted by Gasteiger charge is -2.19. The summed E-state index contributed by atoms with van der Waals surface area (Å²) in [5.74, 6) is -0.509. The highest BCUT2D eigenvalue weighted by atomic mass is 16.5. The van der Waals surface area contributed by atoms with Gasteiger partial charge in [-0.3, -0.25) is 9.69 Å². The zero-order chi connectivity index (χ0) is 13.1. The van der Waals surface area contributed by atoms with Crippen LogP contribution in [-0.4, -0.2) is 52.9 Å². The van der Waals surface area contributed by atoms with Crippen LogP contribution in [0, 0.1) is 0 Å². The number of carbonyl (C=O) groups excluding carboxylic acids is 1. The van der Waals surface area contributed by atoms with E-state index in [0.717, 1.165) is 5.56 Å². The van der Waals surface area contributed by atoms with Crippen molar-refractivity contribution in [2.24, 2.45) is 0 Å². The third kappa shape index (κ3) is 2.69. The van der Waals surface area contributed by atoms with Crippen LogP contribution in [0.4, 0.5) is 0 Å². The number of hydrogen-bond donors (Lipinski definition) is 2. The Kier molecular flexibility index (Phi) is 3.96. The van der Waals surface area contributed by atoms with Gasteiger partial charge in [0.2, 0.25) is 0 Å². The van der Waals surface area contributed by atoms with Crippen molar-refractivity contribution in [2.45, 2.75) is 24.9 Å². The van der Waals surface area contributed by atoms with E-state index in [1.807, 2.05) is 30.3 Å². The average Bonchev–Trinajstić information content (AvgIpc) is 2.62. The number of likely N-dealkylation sites (N-methyl/N-ethyl adjacent to an activating group) is 1. The Morgan fingerprint density at radius 1 is 1.39 bits per heavy atom. The zero-order valence-electron chi connectivity index (χ0n) is 10.2. The van der Waals surface area contributed by atoms with Crippen LogP contribution in [0.15, 0.2) is 30.3 Å². The van der Waals surface area contributed by atoms with Gasteiger partial charge in [0.25, 0.3) is 0 Å². The molecule has 1 aromatic carbocycles. The molecule has 0 aliphatic carbocycles. The molecule has 1 aliphatic rings. The number of likely N-dealkylation sites (tertiary alicyclic amines) is 1. The molecular formula is C13H17NO4. The van der Waals surface area contributed by atoms with Gasteiger partial charge in [-0.25, -0.2) is 0 Å². The summed E-state index contributed by atoms with van der Waals surface area (Å²) < 4.78 is 5.15. The van der Waals surface area contributed by atoms with Gasteiger partial charge in [0.15, 0.2) is 0 Å². The number of carbonyl (C=O) groups is 1. The van der Waals surface area contributed by atoms with Crippen LogP contribution in [0.25, 0.3) is 0 Å². The standard InChI is InChI=1S/C13H17NO4/c1-14-7-10(15)12(16)11(14)13(17)18-8-9-5-3-2-4-6-9/h2-6,10-12,15-16H,7-8H2,1H3/t10-,11+,12-/m1/s1. The second-order valence-corrected chi connectivity index (χ2v) is 4.54. The number of nitrogens with zero attached hydrogens (tertiary/aromatic N) is 1. The number of ether oxygens (including phenoxy) is 1. The van der Waals surface area contributed by atoms with Gasteiger partial charge in [-0.1, -0.05) is 30.3 Å². The van der Waals surface area contributed by atoms with Crippen LogP contribution in [0.2, 0.25) is 0 Å². The molecule has 5 nitrogen and oxygen atoms in total. The van der Waals surface area contributed by atoms with Crippen LogP contribution in [0.3, 0.4) is 0 Å². The summed E-state index contributed by atoms with van der Waals surface area (Å²) in [6.45, 7) is 0.444. The molecule has 1 heterocycles. The first-order chi connectivity index (χ1) is 8.59. The highest BCUT2D eigenvalue weighted by Crippen LogP contribution is 2.18. The fourth-order valence-electron chi connectivity index (χ4n) is 2.12. The second kappa shape index (κ2) is 5.48. The van der Waals surface area contributed by atoms with Crippen LogP contribution in [0.1, 0.15) is 5.56 Å². The zero-order valence-corrected chi connectivity index (χ0v) is 10.2.